The third-order valence-electron chi connectivity index (χ3n) is 4.96. The highest BCUT2D eigenvalue weighted by molar-refractivity contribution is 5.96. The van der Waals surface area contributed by atoms with Gasteiger partial charge in [0, 0.05) is 35.6 Å². The Labute approximate surface area is 169 Å². The predicted octanol–water partition coefficient (Wildman–Crippen LogP) is 4.83. The summed E-state index contributed by atoms with van der Waals surface area (Å²) in [4.78, 5) is 8.66. The minimum Gasteiger partial charge on any atom is -0.392 e. The van der Waals surface area contributed by atoms with Crippen LogP contribution in [0.5, 0.6) is 0 Å². The van der Waals surface area contributed by atoms with Crippen LogP contribution in [0.15, 0.2) is 73.2 Å². The van der Waals surface area contributed by atoms with Crippen LogP contribution in [0, 0.1) is 11.3 Å². The Hall–Kier alpha value is -3.75. The van der Waals surface area contributed by atoms with Crippen molar-refractivity contribution < 1.29 is 5.11 Å². The summed E-state index contributed by atoms with van der Waals surface area (Å²) < 4.78 is 0. The molecule has 0 amide bonds. The average Bonchev–Trinajstić information content (AvgIpc) is 2.79. The number of aliphatic hydroxyl groups excluding tert-OH is 1. The second kappa shape index (κ2) is 8.09. The van der Waals surface area contributed by atoms with Crippen molar-refractivity contribution in [1.29, 1.82) is 5.26 Å². The lowest BCUT2D eigenvalue weighted by Gasteiger charge is -2.18. The van der Waals surface area contributed by atoms with E-state index in [0.717, 1.165) is 38.8 Å². The molecule has 5 nitrogen and oxygen atoms in total. The maximum atomic E-state index is 9.65. The fourth-order valence-electron chi connectivity index (χ4n) is 3.39. The Kier molecular flexibility index (Phi) is 5.19. The summed E-state index contributed by atoms with van der Waals surface area (Å²) in [5, 5.41) is 23.4. The normalized spacial score (nSPS) is 11.8. The van der Waals surface area contributed by atoms with Crippen LogP contribution in [-0.4, -0.2) is 15.1 Å². The number of aromatic nitrogens is 2. The van der Waals surface area contributed by atoms with E-state index in [2.05, 4.69) is 40.4 Å². The van der Waals surface area contributed by atoms with Gasteiger partial charge in [-0.1, -0.05) is 36.4 Å². The van der Waals surface area contributed by atoms with Crippen molar-refractivity contribution in [2.45, 2.75) is 19.6 Å². The van der Waals surface area contributed by atoms with Crippen LogP contribution >= 0.6 is 0 Å². The van der Waals surface area contributed by atoms with E-state index in [1.54, 1.807) is 18.6 Å². The number of hydrogen-bond acceptors (Lipinski definition) is 5. The summed E-state index contributed by atoms with van der Waals surface area (Å²) in [7, 11) is 0. The summed E-state index contributed by atoms with van der Waals surface area (Å²) in [6.07, 6.45) is 5.02. The zero-order valence-corrected chi connectivity index (χ0v) is 16.0. The Morgan fingerprint density at radius 1 is 1.03 bits per heavy atom. The smallest absolute Gasteiger partial charge is 0.103 e. The van der Waals surface area contributed by atoms with Crippen molar-refractivity contribution in [3.05, 3.63) is 89.9 Å². The Morgan fingerprint density at radius 2 is 1.86 bits per heavy atom. The van der Waals surface area contributed by atoms with Gasteiger partial charge in [0.1, 0.15) is 6.07 Å². The Balaban J connectivity index is 1.82. The summed E-state index contributed by atoms with van der Waals surface area (Å²) >= 11 is 0. The number of aliphatic hydroxyl groups is 1. The van der Waals surface area contributed by atoms with Crippen LogP contribution in [0.1, 0.15) is 29.7 Å². The number of nitriles is 1. The minimum atomic E-state index is -0.0596. The molecule has 0 aliphatic rings. The Morgan fingerprint density at radius 3 is 2.62 bits per heavy atom. The van der Waals surface area contributed by atoms with Crippen molar-refractivity contribution in [2.75, 3.05) is 5.32 Å². The largest absolute Gasteiger partial charge is 0.392 e. The molecular formula is C24H20N4O. The van der Waals surface area contributed by atoms with E-state index < -0.39 is 0 Å². The second-order valence-corrected chi connectivity index (χ2v) is 6.91. The molecule has 2 heterocycles. The molecule has 1 atom stereocenters. The maximum absolute atomic E-state index is 9.65. The van der Waals surface area contributed by atoms with E-state index >= 15 is 0 Å². The van der Waals surface area contributed by atoms with Crippen LogP contribution in [-0.2, 0) is 6.61 Å². The van der Waals surface area contributed by atoms with E-state index in [9.17, 15) is 10.4 Å². The number of nitrogens with one attached hydrogen (secondary N) is 1. The van der Waals surface area contributed by atoms with Crippen LogP contribution in [0.3, 0.4) is 0 Å². The zero-order valence-electron chi connectivity index (χ0n) is 16.0. The first-order valence-electron chi connectivity index (χ1n) is 9.39. The van der Waals surface area contributed by atoms with Gasteiger partial charge in [-0.2, -0.15) is 5.26 Å². The standard InChI is InChI=1S/C24H20N4O/c1-16(18-5-3-2-4-6-18)28-24-21(11-25)14-27-23-8-7-19(10-22(23)24)20-9-17(15-29)12-26-13-20/h2-10,12-14,16,29H,15H2,1H3,(H,27,28). The van der Waals surface area contributed by atoms with Gasteiger partial charge in [0.25, 0.3) is 0 Å². The van der Waals surface area contributed by atoms with Gasteiger partial charge in [0.2, 0.25) is 0 Å². The molecule has 0 radical (unpaired) electrons. The van der Waals surface area contributed by atoms with Gasteiger partial charge in [-0.25, -0.2) is 0 Å². The van der Waals surface area contributed by atoms with Crippen LogP contribution < -0.4 is 5.32 Å². The molecule has 0 aliphatic heterocycles. The van der Waals surface area contributed by atoms with Gasteiger partial charge < -0.3 is 10.4 Å². The fourth-order valence-corrected chi connectivity index (χ4v) is 3.39. The van der Waals surface area contributed by atoms with E-state index in [0.29, 0.717) is 5.56 Å². The first-order valence-corrected chi connectivity index (χ1v) is 9.39. The number of fused-ring (bicyclic) bond motifs is 1. The number of anilines is 1. The molecule has 0 spiro atoms. The first kappa shape index (κ1) is 18.6. The van der Waals surface area contributed by atoms with Crippen LogP contribution in [0.2, 0.25) is 0 Å². The Bertz CT molecular complexity index is 1200. The summed E-state index contributed by atoms with van der Waals surface area (Å²) in [5.41, 5.74) is 5.82. The SMILES string of the molecule is CC(Nc1c(C#N)cnc2ccc(-c3cncc(CO)c3)cc12)c1ccccc1. The van der Waals surface area contributed by atoms with Gasteiger partial charge >= 0.3 is 0 Å². The number of nitrogens with zero attached hydrogens (tertiary/aromatic N) is 3. The molecule has 2 aromatic heterocycles. The molecule has 4 aromatic rings. The molecule has 1 unspecified atom stereocenters. The molecule has 0 bridgehead atoms. The van der Waals surface area contributed by atoms with Crippen molar-refractivity contribution in [3.8, 4) is 17.2 Å². The van der Waals surface area contributed by atoms with Gasteiger partial charge in [0.05, 0.1) is 23.4 Å². The van der Waals surface area contributed by atoms with Crippen molar-refractivity contribution >= 4 is 16.6 Å². The number of hydrogen-bond donors (Lipinski definition) is 2. The molecule has 0 aliphatic carbocycles. The highest BCUT2D eigenvalue weighted by Crippen LogP contribution is 2.32. The van der Waals surface area contributed by atoms with Gasteiger partial charge in [-0.05, 0) is 41.8 Å². The molecule has 5 heteroatoms. The summed E-state index contributed by atoms with van der Waals surface area (Å²) in [6, 6.07) is 20.2. The molecular weight excluding hydrogens is 360 g/mol. The predicted molar refractivity (Wildman–Crippen MR) is 114 cm³/mol. The van der Waals surface area contributed by atoms with E-state index in [1.165, 1.54) is 0 Å². The van der Waals surface area contributed by atoms with Crippen LogP contribution in [0.25, 0.3) is 22.0 Å². The van der Waals surface area contributed by atoms with E-state index in [1.807, 2.05) is 42.5 Å². The number of rotatable bonds is 5. The molecule has 2 aromatic carbocycles. The first-order chi connectivity index (χ1) is 14.2. The highest BCUT2D eigenvalue weighted by Gasteiger charge is 2.14. The fraction of sp³-hybridized carbons (Fsp3) is 0.125. The van der Waals surface area contributed by atoms with Crippen molar-refractivity contribution in [2.24, 2.45) is 0 Å². The molecule has 0 saturated heterocycles. The summed E-state index contributed by atoms with van der Waals surface area (Å²) in [5.74, 6) is 0. The average molecular weight is 380 g/mol. The van der Waals surface area contributed by atoms with Crippen molar-refractivity contribution in [3.63, 3.8) is 0 Å². The highest BCUT2D eigenvalue weighted by atomic mass is 16.3. The van der Waals surface area contributed by atoms with E-state index in [4.69, 9.17) is 0 Å². The van der Waals surface area contributed by atoms with Crippen molar-refractivity contribution in [1.82, 2.24) is 9.97 Å². The molecule has 0 saturated carbocycles. The molecule has 2 N–H and O–H groups in total. The molecule has 4 rings (SSSR count). The maximum Gasteiger partial charge on any atom is 0.103 e. The number of pyridine rings is 2. The topological polar surface area (TPSA) is 81.8 Å². The lowest BCUT2D eigenvalue weighted by atomic mass is 10.0. The lowest BCUT2D eigenvalue weighted by molar-refractivity contribution is 0.281. The lowest BCUT2D eigenvalue weighted by Crippen LogP contribution is -2.08. The second-order valence-electron chi connectivity index (χ2n) is 6.91. The van der Waals surface area contributed by atoms with Gasteiger partial charge in [-0.3, -0.25) is 9.97 Å². The molecule has 0 fully saturated rings. The van der Waals surface area contributed by atoms with Gasteiger partial charge in [-0.15, -0.1) is 0 Å². The number of benzene rings is 2. The van der Waals surface area contributed by atoms with Crippen LogP contribution in [0.4, 0.5) is 5.69 Å². The third kappa shape index (κ3) is 3.79. The molecule has 142 valence electrons. The quantitative estimate of drug-likeness (QED) is 0.518. The zero-order chi connectivity index (χ0) is 20.2. The van der Waals surface area contributed by atoms with Gasteiger partial charge in [0.15, 0.2) is 0 Å². The monoisotopic (exact) mass is 380 g/mol. The van der Waals surface area contributed by atoms with E-state index in [-0.39, 0.29) is 12.6 Å². The third-order valence-corrected chi connectivity index (χ3v) is 4.96. The summed E-state index contributed by atoms with van der Waals surface area (Å²) in [6.45, 7) is 2.01. The molecule has 29 heavy (non-hydrogen) atoms. The minimum absolute atomic E-state index is 0.0249.